The Kier molecular flexibility index (Phi) is 5.07. The first-order chi connectivity index (χ1) is 9.11. The Labute approximate surface area is 126 Å². The average molecular weight is 340 g/mol. The zero-order chi connectivity index (χ0) is 13.8. The van der Waals surface area contributed by atoms with Gasteiger partial charge >= 0.3 is 0 Å². The number of aromatic nitrogens is 2. The van der Waals surface area contributed by atoms with Crippen molar-refractivity contribution in [2.75, 3.05) is 6.54 Å². The summed E-state index contributed by atoms with van der Waals surface area (Å²) in [6.45, 7) is 7.08. The van der Waals surface area contributed by atoms with Crippen molar-refractivity contribution in [1.29, 1.82) is 0 Å². The summed E-state index contributed by atoms with van der Waals surface area (Å²) in [6.07, 6.45) is 0.970. The van der Waals surface area contributed by atoms with E-state index >= 15 is 0 Å². The third kappa shape index (κ3) is 3.61. The molecule has 0 saturated carbocycles. The fraction of sp³-hybridized carbons (Fsp3) is 0.429. The highest BCUT2D eigenvalue weighted by atomic mass is 79.9. The van der Waals surface area contributed by atoms with E-state index in [0.717, 1.165) is 24.4 Å². The molecule has 0 amide bonds. The van der Waals surface area contributed by atoms with E-state index in [4.69, 9.17) is 0 Å². The van der Waals surface area contributed by atoms with Crippen LogP contribution in [0.15, 0.2) is 22.0 Å². The molecule has 0 bridgehead atoms. The van der Waals surface area contributed by atoms with E-state index in [-0.39, 0.29) is 6.04 Å². The number of hydrogen-bond donors (Lipinski definition) is 1. The summed E-state index contributed by atoms with van der Waals surface area (Å²) in [4.78, 5) is 1.36. The molecule has 102 valence electrons. The second-order valence-corrected chi connectivity index (χ2v) is 6.39. The Morgan fingerprint density at radius 2 is 2.16 bits per heavy atom. The molecular formula is C14H18BrN3S. The summed E-state index contributed by atoms with van der Waals surface area (Å²) >= 11 is 5.39. The van der Waals surface area contributed by atoms with Gasteiger partial charge in [-0.15, -0.1) is 11.3 Å². The predicted molar refractivity (Wildman–Crippen MR) is 83.6 cm³/mol. The van der Waals surface area contributed by atoms with Crippen LogP contribution >= 0.6 is 27.3 Å². The van der Waals surface area contributed by atoms with Crippen molar-refractivity contribution in [2.45, 2.75) is 33.2 Å². The van der Waals surface area contributed by atoms with Gasteiger partial charge in [-0.2, -0.15) is 10.2 Å². The molecule has 1 atom stereocenters. The number of thiophene rings is 1. The van der Waals surface area contributed by atoms with E-state index in [9.17, 15) is 0 Å². The minimum atomic E-state index is 0.286. The van der Waals surface area contributed by atoms with Gasteiger partial charge in [0.05, 0.1) is 11.4 Å². The van der Waals surface area contributed by atoms with Crippen molar-refractivity contribution in [1.82, 2.24) is 15.5 Å². The van der Waals surface area contributed by atoms with Crippen molar-refractivity contribution in [3.63, 3.8) is 0 Å². The van der Waals surface area contributed by atoms with Gasteiger partial charge in [-0.3, -0.25) is 0 Å². The highest BCUT2D eigenvalue weighted by molar-refractivity contribution is 9.10. The normalized spacial score (nSPS) is 12.6. The molecule has 2 heterocycles. The van der Waals surface area contributed by atoms with Crippen LogP contribution in [-0.4, -0.2) is 16.7 Å². The summed E-state index contributed by atoms with van der Waals surface area (Å²) in [6, 6.07) is 4.53. The lowest BCUT2D eigenvalue weighted by Crippen LogP contribution is -2.24. The van der Waals surface area contributed by atoms with Crippen molar-refractivity contribution in [2.24, 2.45) is 0 Å². The van der Waals surface area contributed by atoms with Crippen molar-refractivity contribution in [3.05, 3.63) is 43.8 Å². The number of halogens is 1. The lowest BCUT2D eigenvalue weighted by molar-refractivity contribution is 0.545. The summed E-state index contributed by atoms with van der Waals surface area (Å²) in [7, 11) is 0. The Morgan fingerprint density at radius 3 is 2.79 bits per heavy atom. The number of hydrogen-bond acceptors (Lipinski definition) is 4. The number of nitrogens with zero attached hydrogens (tertiary/aromatic N) is 2. The van der Waals surface area contributed by atoms with Crippen molar-refractivity contribution >= 4 is 27.3 Å². The third-order valence-corrected chi connectivity index (χ3v) is 5.00. The molecule has 5 heteroatoms. The maximum Gasteiger partial charge on any atom is 0.0648 e. The molecule has 0 saturated heterocycles. The van der Waals surface area contributed by atoms with Crippen LogP contribution in [0.5, 0.6) is 0 Å². The average Bonchev–Trinajstić information content (AvgIpc) is 2.78. The molecule has 0 aliphatic rings. The first-order valence-corrected chi connectivity index (χ1v) is 8.05. The Hall–Kier alpha value is -0.780. The molecule has 0 aliphatic heterocycles. The minimum absolute atomic E-state index is 0.286. The van der Waals surface area contributed by atoms with Crippen LogP contribution in [0.1, 0.15) is 34.8 Å². The number of likely N-dealkylation sites (N-methyl/N-ethyl adjacent to an activating group) is 1. The summed E-state index contributed by atoms with van der Waals surface area (Å²) in [5, 5.41) is 14.0. The van der Waals surface area contributed by atoms with E-state index in [1.165, 1.54) is 14.9 Å². The topological polar surface area (TPSA) is 37.8 Å². The highest BCUT2D eigenvalue weighted by Gasteiger charge is 2.17. The van der Waals surface area contributed by atoms with E-state index in [1.807, 2.05) is 13.8 Å². The molecule has 1 unspecified atom stereocenters. The number of aryl methyl sites for hydroxylation is 2. The van der Waals surface area contributed by atoms with E-state index in [1.54, 1.807) is 11.3 Å². The third-order valence-electron chi connectivity index (χ3n) is 3.05. The van der Waals surface area contributed by atoms with Crippen LogP contribution in [0.3, 0.4) is 0 Å². The molecule has 0 aliphatic carbocycles. The van der Waals surface area contributed by atoms with Gasteiger partial charge < -0.3 is 5.32 Å². The van der Waals surface area contributed by atoms with Crippen LogP contribution in [0.25, 0.3) is 0 Å². The molecule has 2 rings (SSSR count). The first-order valence-electron chi connectivity index (χ1n) is 6.38. The maximum atomic E-state index is 4.24. The lowest BCUT2D eigenvalue weighted by atomic mass is 10.0. The summed E-state index contributed by atoms with van der Waals surface area (Å²) < 4.78 is 1.19. The predicted octanol–water partition coefficient (Wildman–Crippen LogP) is 3.81. The lowest BCUT2D eigenvalue weighted by Gasteiger charge is -2.19. The molecule has 0 aromatic carbocycles. The molecule has 2 aromatic rings. The van der Waals surface area contributed by atoms with E-state index in [2.05, 4.69) is 55.9 Å². The zero-order valence-corrected chi connectivity index (χ0v) is 13.8. The van der Waals surface area contributed by atoms with Crippen LogP contribution < -0.4 is 5.32 Å². The van der Waals surface area contributed by atoms with Gasteiger partial charge in [0, 0.05) is 21.8 Å². The monoisotopic (exact) mass is 339 g/mol. The zero-order valence-electron chi connectivity index (χ0n) is 11.4. The largest absolute Gasteiger partial charge is 0.310 e. The van der Waals surface area contributed by atoms with Gasteiger partial charge in [0.15, 0.2) is 0 Å². The standard InChI is InChI=1S/C14H18BrN3S/c1-4-16-13(8-14-12(15)5-6-19-14)11-7-9(2)17-18-10(11)3/h5-7,13,16H,4,8H2,1-3H3. The van der Waals surface area contributed by atoms with Crippen LogP contribution in [0.4, 0.5) is 0 Å². The Balaban J connectivity index is 2.29. The van der Waals surface area contributed by atoms with Gasteiger partial charge in [-0.25, -0.2) is 0 Å². The molecular weight excluding hydrogens is 322 g/mol. The molecule has 3 nitrogen and oxygen atoms in total. The minimum Gasteiger partial charge on any atom is -0.310 e. The van der Waals surface area contributed by atoms with Gasteiger partial charge in [-0.1, -0.05) is 6.92 Å². The Morgan fingerprint density at radius 1 is 1.37 bits per heavy atom. The number of nitrogens with one attached hydrogen (secondary N) is 1. The van der Waals surface area contributed by atoms with Crippen LogP contribution in [0, 0.1) is 13.8 Å². The molecule has 2 aromatic heterocycles. The second-order valence-electron chi connectivity index (χ2n) is 4.53. The molecule has 0 radical (unpaired) electrons. The molecule has 0 fully saturated rings. The fourth-order valence-electron chi connectivity index (χ4n) is 2.12. The van der Waals surface area contributed by atoms with E-state index in [0.29, 0.717) is 0 Å². The van der Waals surface area contributed by atoms with E-state index < -0.39 is 0 Å². The first kappa shape index (κ1) is 14.6. The summed E-state index contributed by atoms with van der Waals surface area (Å²) in [5.74, 6) is 0. The second kappa shape index (κ2) is 6.59. The van der Waals surface area contributed by atoms with Crippen molar-refractivity contribution in [3.8, 4) is 0 Å². The van der Waals surface area contributed by atoms with Crippen molar-refractivity contribution < 1.29 is 0 Å². The number of rotatable bonds is 5. The highest BCUT2D eigenvalue weighted by Crippen LogP contribution is 2.29. The van der Waals surface area contributed by atoms with Gasteiger partial charge in [0.2, 0.25) is 0 Å². The SMILES string of the molecule is CCNC(Cc1sccc1Br)c1cc(C)nnc1C. The Bertz CT molecular complexity index is 553. The molecule has 0 spiro atoms. The van der Waals surface area contributed by atoms with Gasteiger partial charge in [-0.05, 0) is 59.4 Å². The van der Waals surface area contributed by atoms with Crippen LogP contribution in [-0.2, 0) is 6.42 Å². The quantitative estimate of drug-likeness (QED) is 0.899. The molecule has 1 N–H and O–H groups in total. The smallest absolute Gasteiger partial charge is 0.0648 e. The fourth-order valence-corrected chi connectivity index (χ4v) is 3.68. The summed E-state index contributed by atoms with van der Waals surface area (Å²) in [5.41, 5.74) is 3.22. The molecule has 19 heavy (non-hydrogen) atoms. The van der Waals surface area contributed by atoms with Gasteiger partial charge in [0.1, 0.15) is 0 Å². The van der Waals surface area contributed by atoms with Crippen LogP contribution in [0.2, 0.25) is 0 Å². The van der Waals surface area contributed by atoms with Gasteiger partial charge in [0.25, 0.3) is 0 Å². The maximum absolute atomic E-state index is 4.24.